The lowest BCUT2D eigenvalue weighted by Gasteiger charge is -2.26. The third-order valence-corrected chi connectivity index (χ3v) is 5.09. The second-order valence-corrected chi connectivity index (χ2v) is 7.26. The number of carbonyl (C=O) groups is 1. The van der Waals surface area contributed by atoms with Crippen LogP contribution in [0.3, 0.4) is 0 Å². The van der Waals surface area contributed by atoms with Crippen molar-refractivity contribution in [2.45, 2.75) is 44.8 Å². The number of aryl methyl sites for hydroxylation is 1. The van der Waals surface area contributed by atoms with Crippen molar-refractivity contribution < 1.29 is 15.0 Å². The van der Waals surface area contributed by atoms with Crippen LogP contribution in [0.1, 0.15) is 47.9 Å². The Morgan fingerprint density at radius 3 is 2.65 bits per heavy atom. The smallest absolute Gasteiger partial charge is 0.219 e. The molecule has 0 aliphatic carbocycles. The van der Waals surface area contributed by atoms with Crippen LogP contribution in [-0.2, 0) is 16.9 Å². The van der Waals surface area contributed by atoms with Crippen LogP contribution in [0, 0.1) is 11.8 Å². The molecule has 0 spiro atoms. The lowest BCUT2D eigenvalue weighted by atomic mass is 10.1. The zero-order valence-electron chi connectivity index (χ0n) is 15.0. The summed E-state index contributed by atoms with van der Waals surface area (Å²) in [6, 6.07) is 14.0. The molecule has 0 fully saturated rings. The molecular weight excluding hydrogens is 346 g/mol. The molecule has 1 atom stereocenters. The third kappa shape index (κ3) is 6.30. The molecule has 0 saturated heterocycles. The zero-order chi connectivity index (χ0) is 18.8. The van der Waals surface area contributed by atoms with Crippen LogP contribution in [0.25, 0.3) is 0 Å². The molecule has 2 rings (SSSR count). The highest BCUT2D eigenvalue weighted by Crippen LogP contribution is 2.29. The van der Waals surface area contributed by atoms with Crippen LogP contribution in [0.15, 0.2) is 42.5 Å². The van der Waals surface area contributed by atoms with E-state index < -0.39 is 5.72 Å². The fourth-order valence-corrected chi connectivity index (χ4v) is 3.62. The number of nitrogens with one attached hydrogen (secondary N) is 1. The van der Waals surface area contributed by atoms with Crippen molar-refractivity contribution in [2.24, 2.45) is 0 Å². The average molecular weight is 372 g/mol. The number of unbranched alkanes of at least 4 members (excludes halogenated alkanes) is 2. The fourth-order valence-electron chi connectivity index (χ4n) is 2.66. The molecule has 0 saturated carbocycles. The summed E-state index contributed by atoms with van der Waals surface area (Å²) < 4.78 is 0. The Morgan fingerprint density at radius 2 is 1.96 bits per heavy atom. The number of hydrogen-bond acceptors (Lipinski definition) is 4. The standard InChI is InChI=1S/C21H25NO3S/c1-17(24)22-21(25,15-16-23)20-14-13-19(26-20)12-8-3-2-5-9-18-10-6-4-7-11-18/h4,6-7,10-11,13-14,23,25H,2-3,5,9,15-16H2,1H3,(H,22,24). The molecule has 1 unspecified atom stereocenters. The molecule has 2 aromatic rings. The number of aliphatic hydroxyl groups is 2. The van der Waals surface area contributed by atoms with Crippen LogP contribution in [0.5, 0.6) is 0 Å². The maximum absolute atomic E-state index is 11.3. The first-order chi connectivity index (χ1) is 12.5. The fraction of sp³-hybridized carbons (Fsp3) is 0.381. The van der Waals surface area contributed by atoms with Crippen molar-refractivity contribution in [1.29, 1.82) is 0 Å². The van der Waals surface area contributed by atoms with E-state index in [4.69, 9.17) is 5.11 Å². The van der Waals surface area contributed by atoms with E-state index in [2.05, 4.69) is 41.4 Å². The summed E-state index contributed by atoms with van der Waals surface area (Å²) in [6.07, 6.45) is 4.08. The largest absolute Gasteiger partial charge is 0.396 e. The Morgan fingerprint density at radius 1 is 1.19 bits per heavy atom. The summed E-state index contributed by atoms with van der Waals surface area (Å²) >= 11 is 1.33. The molecule has 138 valence electrons. The molecule has 3 N–H and O–H groups in total. The van der Waals surface area contributed by atoms with E-state index in [0.717, 1.165) is 30.6 Å². The molecule has 0 aliphatic heterocycles. The Labute approximate surface area is 158 Å². The number of rotatable bonds is 8. The number of aliphatic hydroxyl groups excluding tert-OH is 1. The highest BCUT2D eigenvalue weighted by atomic mass is 32.1. The minimum atomic E-state index is -1.54. The summed E-state index contributed by atoms with van der Waals surface area (Å²) in [5, 5.41) is 22.2. The molecule has 5 heteroatoms. The van der Waals surface area contributed by atoms with Gasteiger partial charge in [0.15, 0.2) is 5.72 Å². The summed E-state index contributed by atoms with van der Waals surface area (Å²) in [5.74, 6) is 5.93. The Kier molecular flexibility index (Phi) is 7.86. The van der Waals surface area contributed by atoms with Gasteiger partial charge in [0.05, 0.1) is 9.75 Å². The molecule has 0 aliphatic rings. The molecule has 4 nitrogen and oxygen atoms in total. The molecule has 26 heavy (non-hydrogen) atoms. The van der Waals surface area contributed by atoms with E-state index in [0.29, 0.717) is 4.88 Å². The molecule has 1 amide bonds. The van der Waals surface area contributed by atoms with E-state index in [1.165, 1.54) is 23.8 Å². The molecule has 1 aromatic carbocycles. The number of amides is 1. The third-order valence-electron chi connectivity index (χ3n) is 3.94. The lowest BCUT2D eigenvalue weighted by Crippen LogP contribution is -2.45. The van der Waals surface area contributed by atoms with E-state index in [9.17, 15) is 9.90 Å². The highest BCUT2D eigenvalue weighted by molar-refractivity contribution is 7.12. The topological polar surface area (TPSA) is 69.6 Å². The predicted octanol–water partition coefficient (Wildman–Crippen LogP) is 3.18. The first-order valence-electron chi connectivity index (χ1n) is 8.78. The van der Waals surface area contributed by atoms with Crippen molar-refractivity contribution in [3.63, 3.8) is 0 Å². The quantitative estimate of drug-likeness (QED) is 0.379. The van der Waals surface area contributed by atoms with Gasteiger partial charge in [-0.25, -0.2) is 0 Å². The second kappa shape index (κ2) is 10.1. The van der Waals surface area contributed by atoms with Crippen LogP contribution in [-0.4, -0.2) is 22.7 Å². The SMILES string of the molecule is CC(=O)NC(O)(CCO)c1ccc(C#CCCCCc2ccccc2)s1. The molecule has 1 heterocycles. The Bertz CT molecular complexity index is 760. The summed E-state index contributed by atoms with van der Waals surface area (Å²) in [4.78, 5) is 12.7. The number of thiophene rings is 1. The Balaban J connectivity index is 1.85. The van der Waals surface area contributed by atoms with Gasteiger partial charge in [-0.1, -0.05) is 42.2 Å². The minimum absolute atomic E-state index is 0.0411. The summed E-state index contributed by atoms with van der Waals surface area (Å²) in [5.41, 5.74) is -0.189. The van der Waals surface area contributed by atoms with Gasteiger partial charge in [-0.15, -0.1) is 11.3 Å². The molecule has 0 radical (unpaired) electrons. The zero-order valence-corrected chi connectivity index (χ0v) is 15.8. The molecular formula is C21H25NO3S. The van der Waals surface area contributed by atoms with Crippen molar-refractivity contribution in [3.8, 4) is 11.8 Å². The van der Waals surface area contributed by atoms with Gasteiger partial charge in [0.25, 0.3) is 0 Å². The summed E-state index contributed by atoms with van der Waals surface area (Å²) in [6.45, 7) is 1.11. The monoisotopic (exact) mass is 371 g/mol. The van der Waals surface area contributed by atoms with E-state index in [1.807, 2.05) is 12.1 Å². The lowest BCUT2D eigenvalue weighted by molar-refractivity contribution is -0.128. The van der Waals surface area contributed by atoms with Crippen molar-refractivity contribution in [1.82, 2.24) is 5.32 Å². The van der Waals surface area contributed by atoms with Gasteiger partial charge < -0.3 is 15.5 Å². The van der Waals surface area contributed by atoms with Gasteiger partial charge in [0.1, 0.15) is 0 Å². The number of carbonyl (C=O) groups excluding carboxylic acids is 1. The normalized spacial score (nSPS) is 12.7. The van der Waals surface area contributed by atoms with E-state index in [1.54, 1.807) is 6.07 Å². The van der Waals surface area contributed by atoms with Gasteiger partial charge in [-0.2, -0.15) is 0 Å². The van der Waals surface area contributed by atoms with E-state index in [-0.39, 0.29) is 18.9 Å². The van der Waals surface area contributed by atoms with Gasteiger partial charge in [0.2, 0.25) is 5.91 Å². The maximum atomic E-state index is 11.3. The maximum Gasteiger partial charge on any atom is 0.219 e. The van der Waals surface area contributed by atoms with Crippen molar-refractivity contribution >= 4 is 17.2 Å². The van der Waals surface area contributed by atoms with Gasteiger partial charge in [-0.05, 0) is 37.0 Å². The van der Waals surface area contributed by atoms with Gasteiger partial charge in [0, 0.05) is 26.4 Å². The van der Waals surface area contributed by atoms with Crippen LogP contribution in [0.2, 0.25) is 0 Å². The first-order valence-corrected chi connectivity index (χ1v) is 9.60. The number of benzene rings is 1. The number of hydrogen-bond donors (Lipinski definition) is 3. The minimum Gasteiger partial charge on any atom is -0.396 e. The van der Waals surface area contributed by atoms with Gasteiger partial charge >= 0.3 is 0 Å². The summed E-state index contributed by atoms with van der Waals surface area (Å²) in [7, 11) is 0. The van der Waals surface area contributed by atoms with Crippen molar-refractivity contribution in [3.05, 3.63) is 57.8 Å². The van der Waals surface area contributed by atoms with Crippen LogP contribution < -0.4 is 5.32 Å². The second-order valence-electron chi connectivity index (χ2n) is 6.17. The predicted molar refractivity (Wildman–Crippen MR) is 105 cm³/mol. The van der Waals surface area contributed by atoms with Gasteiger partial charge in [-0.3, -0.25) is 4.79 Å². The van der Waals surface area contributed by atoms with Crippen LogP contribution >= 0.6 is 11.3 Å². The Hall–Kier alpha value is -2.13. The highest BCUT2D eigenvalue weighted by Gasteiger charge is 2.31. The molecule has 0 bridgehead atoms. The van der Waals surface area contributed by atoms with Crippen molar-refractivity contribution in [2.75, 3.05) is 6.61 Å². The van der Waals surface area contributed by atoms with Crippen LogP contribution in [0.4, 0.5) is 0 Å². The molecule has 1 aromatic heterocycles. The first kappa shape index (κ1) is 20.2. The average Bonchev–Trinajstić information content (AvgIpc) is 3.08. The van der Waals surface area contributed by atoms with E-state index >= 15 is 0 Å².